The molecule has 61 heavy (non-hydrogen) atoms. The van der Waals surface area contributed by atoms with Crippen molar-refractivity contribution in [2.24, 2.45) is 11.8 Å². The van der Waals surface area contributed by atoms with Crippen molar-refractivity contribution < 1.29 is 54.2 Å². The van der Waals surface area contributed by atoms with E-state index < -0.39 is 72.9 Å². The van der Waals surface area contributed by atoms with Crippen LogP contribution in [0.25, 0.3) is 21.8 Å². The van der Waals surface area contributed by atoms with Crippen molar-refractivity contribution in [2.45, 2.75) is 80.2 Å². The van der Waals surface area contributed by atoms with E-state index in [9.17, 15) is 54.2 Å². The summed E-state index contributed by atoms with van der Waals surface area (Å²) in [6.45, 7) is 0.624. The van der Waals surface area contributed by atoms with Crippen LogP contribution in [0.2, 0.25) is 0 Å². The molecule has 0 saturated heterocycles. The zero-order valence-electron chi connectivity index (χ0n) is 32.6. The largest absolute Gasteiger partial charge is 0.481 e. The molecule has 0 radical (unpaired) electrons. The number of nitrogens with zero attached hydrogens (tertiary/aromatic N) is 2. The Kier molecular flexibility index (Phi) is 9.96. The molecule has 0 aliphatic carbocycles. The lowest BCUT2D eigenvalue weighted by atomic mass is 9.93. The number of alkyl halides is 2. The summed E-state index contributed by atoms with van der Waals surface area (Å²) in [6.07, 6.45) is 2.54. The molecule has 16 heteroatoms. The quantitative estimate of drug-likeness (QED) is 0.162. The summed E-state index contributed by atoms with van der Waals surface area (Å²) in [5, 5.41) is 20.2. The number of benzene rings is 4. The number of fused-ring (bicyclic) bond motifs is 8. The van der Waals surface area contributed by atoms with Crippen LogP contribution in [0.5, 0.6) is 0 Å². The predicted molar refractivity (Wildman–Crippen MR) is 218 cm³/mol. The van der Waals surface area contributed by atoms with Gasteiger partial charge < -0.3 is 19.3 Å². The van der Waals surface area contributed by atoms with E-state index >= 15 is 0 Å². The van der Waals surface area contributed by atoms with Crippen molar-refractivity contribution >= 4 is 53.4 Å². The van der Waals surface area contributed by atoms with Crippen LogP contribution in [-0.4, -0.2) is 59.6 Å². The topological polar surface area (TPSA) is 153 Å². The van der Waals surface area contributed by atoms with E-state index in [-0.39, 0.29) is 29.4 Å². The lowest BCUT2D eigenvalue weighted by Crippen LogP contribution is -2.28. The molecule has 4 aliphatic rings. The van der Waals surface area contributed by atoms with Crippen molar-refractivity contribution in [1.29, 1.82) is 0 Å². The van der Waals surface area contributed by atoms with Crippen molar-refractivity contribution in [3.8, 4) is 0 Å². The van der Waals surface area contributed by atoms with Gasteiger partial charge in [-0.25, -0.2) is 34.4 Å². The van der Waals surface area contributed by atoms with E-state index in [0.29, 0.717) is 66.4 Å². The summed E-state index contributed by atoms with van der Waals surface area (Å²) in [4.78, 5) is 23.1. The first-order valence-corrected chi connectivity index (χ1v) is 23.3. The van der Waals surface area contributed by atoms with Crippen LogP contribution in [0, 0.1) is 23.5 Å². The number of aromatic nitrogens is 2. The number of sulfone groups is 2. The van der Waals surface area contributed by atoms with Crippen LogP contribution in [0.15, 0.2) is 82.6 Å². The number of aryl methyl sites for hydroxylation is 1. The average Bonchev–Trinajstić information content (AvgIpc) is 3.81. The highest BCUT2D eigenvalue weighted by atomic mass is 32.2. The van der Waals surface area contributed by atoms with Gasteiger partial charge in [0.25, 0.3) is 5.92 Å². The molecule has 2 N–H and O–H groups in total. The average molecular weight is 877 g/mol. The Labute approximate surface area is 348 Å². The molecule has 4 aliphatic heterocycles. The lowest BCUT2D eigenvalue weighted by Gasteiger charge is -2.26. The highest BCUT2D eigenvalue weighted by molar-refractivity contribution is 7.92. The van der Waals surface area contributed by atoms with Gasteiger partial charge in [0, 0.05) is 58.3 Å². The van der Waals surface area contributed by atoms with Crippen LogP contribution >= 0.6 is 0 Å². The number of rotatable bonds is 6. The highest BCUT2D eigenvalue weighted by Crippen LogP contribution is 2.43. The Bertz CT molecular complexity index is 3060. The molecule has 0 bridgehead atoms. The second-order valence-electron chi connectivity index (χ2n) is 16.5. The number of carbonyl (C=O) groups is 2. The van der Waals surface area contributed by atoms with E-state index in [1.54, 1.807) is 18.2 Å². The number of aliphatic carboxylic acids is 2. The zero-order chi connectivity index (χ0) is 43.2. The molecule has 10 nitrogen and oxygen atoms in total. The van der Waals surface area contributed by atoms with Gasteiger partial charge in [0.1, 0.15) is 11.6 Å². The Morgan fingerprint density at radius 1 is 0.639 bits per heavy atom. The molecule has 2 unspecified atom stereocenters. The minimum Gasteiger partial charge on any atom is -0.481 e. The van der Waals surface area contributed by atoms with Crippen LogP contribution in [0.4, 0.5) is 17.6 Å². The molecule has 0 amide bonds. The Morgan fingerprint density at radius 3 is 1.69 bits per heavy atom. The second-order valence-corrected chi connectivity index (χ2v) is 20.7. The van der Waals surface area contributed by atoms with E-state index in [2.05, 4.69) is 0 Å². The molecular weight excluding hydrogens is 837 g/mol. The molecule has 0 spiro atoms. The predicted octanol–water partition coefficient (Wildman–Crippen LogP) is 7.64. The Hall–Kier alpha value is -5.48. The summed E-state index contributed by atoms with van der Waals surface area (Å²) in [5.41, 5.74) is 6.86. The minimum absolute atomic E-state index is 0.151. The Balaban J connectivity index is 0.000000157. The van der Waals surface area contributed by atoms with Crippen molar-refractivity contribution in [3.63, 3.8) is 0 Å². The van der Waals surface area contributed by atoms with Crippen molar-refractivity contribution in [2.75, 3.05) is 11.5 Å². The SMILES string of the molecule is O=C(O)C1CCc2c(Cc3ccc4c(c3)C(F)(F)CCS4(=O)=O)c3cc(F)ccc3n2C1.O=C(O)C1CCc2c(Cc3ccc4c(c3)S(=O)(=O)CC4)c3cc(F)ccc3n2C1. The summed E-state index contributed by atoms with van der Waals surface area (Å²) < 4.78 is 110. The fourth-order valence-corrected chi connectivity index (χ4v) is 12.8. The molecular formula is C45H40F4N2O8S2. The second kappa shape index (κ2) is 14.9. The number of halogens is 4. The number of hydrogen-bond donors (Lipinski definition) is 2. The van der Waals surface area contributed by atoms with Crippen LogP contribution in [0.1, 0.15) is 64.0 Å². The zero-order valence-corrected chi connectivity index (χ0v) is 34.3. The van der Waals surface area contributed by atoms with Gasteiger partial charge in [-0.1, -0.05) is 18.2 Å². The van der Waals surface area contributed by atoms with Crippen LogP contribution < -0.4 is 0 Å². The van der Waals surface area contributed by atoms with Gasteiger partial charge in [0.2, 0.25) is 0 Å². The summed E-state index contributed by atoms with van der Waals surface area (Å²) >= 11 is 0. The monoisotopic (exact) mass is 876 g/mol. The summed E-state index contributed by atoms with van der Waals surface area (Å²) in [7, 11) is -6.97. The first-order chi connectivity index (χ1) is 28.9. The van der Waals surface area contributed by atoms with Gasteiger partial charge in [0.05, 0.1) is 33.1 Å². The molecule has 6 aromatic rings. The molecule has 2 aromatic heterocycles. The standard InChI is InChI=1S/C23H20F3NO4S.C22H20FNO4S/c24-15-3-5-20-17(11-15)16(19-4-2-14(22(28)29)12-27(19)20)9-13-1-6-21-18(10-13)23(25,26)7-8-32(21,30)31;23-16-4-6-20-18(11-16)17(19-5-3-15(22(25)26)12-24(19)20)9-13-1-2-14-7-8-29(27,28)21(14)10-13/h1,3,5-6,10-11,14H,2,4,7-9,12H2,(H,28,29);1-2,4,6,10-11,15H,3,5,7-9,12H2,(H,25,26). The number of hydrogen-bond acceptors (Lipinski definition) is 6. The van der Waals surface area contributed by atoms with E-state index in [0.717, 1.165) is 44.5 Å². The van der Waals surface area contributed by atoms with Gasteiger partial charge >= 0.3 is 11.9 Å². The fraction of sp³-hybridized carbons (Fsp3) is 0.333. The molecule has 4 aromatic carbocycles. The maximum Gasteiger partial charge on any atom is 0.308 e. The smallest absolute Gasteiger partial charge is 0.308 e. The molecule has 318 valence electrons. The van der Waals surface area contributed by atoms with Crippen LogP contribution in [-0.2, 0) is 80.4 Å². The normalized spacial score (nSPS) is 20.5. The van der Waals surface area contributed by atoms with Gasteiger partial charge in [-0.3, -0.25) is 9.59 Å². The fourth-order valence-electron chi connectivity index (χ4n) is 9.65. The van der Waals surface area contributed by atoms with Crippen LogP contribution in [0.3, 0.4) is 0 Å². The maximum atomic E-state index is 14.5. The first-order valence-electron chi connectivity index (χ1n) is 20.0. The Morgan fingerprint density at radius 2 is 1.15 bits per heavy atom. The summed E-state index contributed by atoms with van der Waals surface area (Å²) in [5.74, 6) is -7.17. The van der Waals surface area contributed by atoms with E-state index in [1.807, 2.05) is 21.3 Å². The van der Waals surface area contributed by atoms with E-state index in [1.165, 1.54) is 42.5 Å². The van der Waals surface area contributed by atoms with Crippen molar-refractivity contribution in [3.05, 3.63) is 129 Å². The highest BCUT2D eigenvalue weighted by Gasteiger charge is 2.43. The number of carboxylic acids is 2. The van der Waals surface area contributed by atoms with Gasteiger partial charge in [-0.15, -0.1) is 0 Å². The third kappa shape index (κ3) is 7.30. The van der Waals surface area contributed by atoms with Gasteiger partial charge in [-0.2, -0.15) is 0 Å². The molecule has 0 fully saturated rings. The first kappa shape index (κ1) is 40.9. The third-order valence-corrected chi connectivity index (χ3v) is 16.3. The molecule has 2 atom stereocenters. The van der Waals surface area contributed by atoms with Gasteiger partial charge in [-0.05, 0) is 127 Å². The molecule has 10 rings (SSSR count). The maximum absolute atomic E-state index is 14.5. The number of carboxylic acid groups (broad SMARTS) is 2. The van der Waals surface area contributed by atoms with E-state index in [4.69, 9.17) is 0 Å². The third-order valence-electron chi connectivity index (χ3n) is 12.8. The van der Waals surface area contributed by atoms with Crippen molar-refractivity contribution in [1.82, 2.24) is 9.13 Å². The lowest BCUT2D eigenvalue weighted by molar-refractivity contribution is -0.143. The van der Waals surface area contributed by atoms with Gasteiger partial charge in [0.15, 0.2) is 19.7 Å². The summed E-state index contributed by atoms with van der Waals surface area (Å²) in [6, 6.07) is 18.5. The molecule has 6 heterocycles. The minimum atomic E-state index is -3.75. The molecule has 0 saturated carbocycles.